The number of alkyl halides is 3. The summed E-state index contributed by atoms with van der Waals surface area (Å²) in [5, 5.41) is 8.46. The fourth-order valence-electron chi connectivity index (χ4n) is 5.36. The standard InChI is InChI=1S/C25H29F3N6OS.C2H6/c1-36-24-31-21-14-19(25(26,27)28)2-3-22(21)34(24)20-7-12-33(13-8-20)23(35)18-5-10-32(11-6-18)16-17-4-9-29-30-15-17;1-2/h2-4,9,14-15,18,20H,5-8,10-13,16H2,1H3;1-2H3. The highest BCUT2D eigenvalue weighted by Gasteiger charge is 2.34. The highest BCUT2D eigenvalue weighted by molar-refractivity contribution is 7.98. The van der Waals surface area contributed by atoms with E-state index < -0.39 is 11.7 Å². The average Bonchev–Trinajstić information content (AvgIpc) is 3.32. The van der Waals surface area contributed by atoms with Crippen LogP contribution < -0.4 is 0 Å². The van der Waals surface area contributed by atoms with Crippen molar-refractivity contribution in [1.29, 1.82) is 0 Å². The molecule has 2 fully saturated rings. The van der Waals surface area contributed by atoms with E-state index in [2.05, 4.69) is 24.6 Å². The molecule has 38 heavy (non-hydrogen) atoms. The van der Waals surface area contributed by atoms with Gasteiger partial charge < -0.3 is 9.47 Å². The molecule has 0 N–H and O–H groups in total. The summed E-state index contributed by atoms with van der Waals surface area (Å²) in [7, 11) is 0. The van der Waals surface area contributed by atoms with Crippen LogP contribution in [-0.2, 0) is 17.5 Å². The van der Waals surface area contributed by atoms with Crippen LogP contribution in [0.3, 0.4) is 0 Å². The highest BCUT2D eigenvalue weighted by atomic mass is 32.2. The lowest BCUT2D eigenvalue weighted by Crippen LogP contribution is -2.45. The number of benzene rings is 1. The van der Waals surface area contributed by atoms with E-state index in [1.165, 1.54) is 17.8 Å². The molecule has 3 aromatic rings. The molecular weight excluding hydrogens is 513 g/mol. The number of piperidine rings is 2. The SMILES string of the molecule is CC.CSc1nc2cc(C(F)(F)F)ccc2n1C1CCN(C(=O)C2CCN(Cc3ccnnc3)CC2)CC1. The molecular formula is C27H35F3N6OS. The number of nitrogens with zero attached hydrogens (tertiary/aromatic N) is 6. The third-order valence-corrected chi connectivity index (χ3v) is 7.95. The van der Waals surface area contributed by atoms with Gasteiger partial charge >= 0.3 is 6.18 Å². The Morgan fingerprint density at radius 2 is 1.74 bits per heavy atom. The Bertz CT molecular complexity index is 1200. The zero-order valence-corrected chi connectivity index (χ0v) is 22.9. The molecule has 5 rings (SSSR count). The van der Waals surface area contributed by atoms with Crippen LogP contribution in [0.2, 0.25) is 0 Å². The summed E-state index contributed by atoms with van der Waals surface area (Å²) in [6.45, 7) is 7.89. The van der Waals surface area contributed by atoms with Gasteiger partial charge in [-0.1, -0.05) is 25.6 Å². The number of hydrogen-bond donors (Lipinski definition) is 0. The van der Waals surface area contributed by atoms with Gasteiger partial charge in [0, 0.05) is 37.8 Å². The number of rotatable bonds is 5. The van der Waals surface area contributed by atoms with Crippen LogP contribution in [0.25, 0.3) is 11.0 Å². The number of likely N-dealkylation sites (tertiary alicyclic amines) is 2. The maximum absolute atomic E-state index is 13.2. The first-order valence-electron chi connectivity index (χ1n) is 13.2. The minimum atomic E-state index is -4.39. The van der Waals surface area contributed by atoms with Gasteiger partial charge in [-0.25, -0.2) is 4.98 Å². The van der Waals surface area contributed by atoms with Crippen molar-refractivity contribution in [2.75, 3.05) is 32.4 Å². The van der Waals surface area contributed by atoms with Crippen molar-refractivity contribution >= 4 is 28.7 Å². The Morgan fingerprint density at radius 3 is 2.34 bits per heavy atom. The van der Waals surface area contributed by atoms with E-state index in [1.807, 2.05) is 31.1 Å². The molecule has 0 atom stereocenters. The van der Waals surface area contributed by atoms with E-state index in [4.69, 9.17) is 0 Å². The first-order chi connectivity index (χ1) is 18.3. The largest absolute Gasteiger partial charge is 0.416 e. The minimum absolute atomic E-state index is 0.0463. The normalized spacial score (nSPS) is 17.9. The summed E-state index contributed by atoms with van der Waals surface area (Å²) in [6.07, 6.45) is 4.20. The van der Waals surface area contributed by atoms with Gasteiger partial charge in [0.25, 0.3) is 0 Å². The summed E-state index contributed by atoms with van der Waals surface area (Å²) in [5.41, 5.74) is 1.52. The Morgan fingerprint density at radius 1 is 1.03 bits per heavy atom. The molecule has 2 aliphatic heterocycles. The van der Waals surface area contributed by atoms with Gasteiger partial charge in [-0.15, -0.1) is 0 Å². The summed E-state index contributed by atoms with van der Waals surface area (Å²) >= 11 is 1.44. The third kappa shape index (κ3) is 6.31. The number of imidazole rings is 1. The topological polar surface area (TPSA) is 67.2 Å². The predicted octanol–water partition coefficient (Wildman–Crippen LogP) is 5.67. The van der Waals surface area contributed by atoms with Crippen molar-refractivity contribution in [3.8, 4) is 0 Å². The predicted molar refractivity (Wildman–Crippen MR) is 143 cm³/mol. The number of thioether (sulfide) groups is 1. The van der Waals surface area contributed by atoms with Gasteiger partial charge in [-0.05, 0) is 74.9 Å². The number of fused-ring (bicyclic) bond motifs is 1. The van der Waals surface area contributed by atoms with Crippen molar-refractivity contribution in [1.82, 2.24) is 29.5 Å². The van der Waals surface area contributed by atoms with Gasteiger partial charge in [0.05, 0.1) is 22.8 Å². The Labute approximate surface area is 225 Å². The lowest BCUT2D eigenvalue weighted by atomic mass is 9.93. The molecule has 2 aliphatic rings. The molecule has 0 aliphatic carbocycles. The summed E-state index contributed by atoms with van der Waals surface area (Å²) in [5.74, 6) is 0.277. The number of halogens is 3. The highest BCUT2D eigenvalue weighted by Crippen LogP contribution is 2.36. The van der Waals surface area contributed by atoms with E-state index in [1.54, 1.807) is 12.4 Å². The van der Waals surface area contributed by atoms with E-state index in [9.17, 15) is 18.0 Å². The van der Waals surface area contributed by atoms with Crippen LogP contribution in [0.1, 0.15) is 56.7 Å². The molecule has 0 unspecified atom stereocenters. The van der Waals surface area contributed by atoms with E-state index in [0.717, 1.165) is 63.0 Å². The smallest absolute Gasteiger partial charge is 0.342 e. The van der Waals surface area contributed by atoms with Crippen LogP contribution in [-0.4, -0.2) is 67.9 Å². The zero-order chi connectivity index (χ0) is 27.3. The minimum Gasteiger partial charge on any atom is -0.342 e. The second-order valence-electron chi connectivity index (χ2n) is 9.53. The lowest BCUT2D eigenvalue weighted by molar-refractivity contribution is -0.138. The fraction of sp³-hybridized carbons (Fsp3) is 0.556. The van der Waals surface area contributed by atoms with Crippen LogP contribution in [0, 0.1) is 5.92 Å². The zero-order valence-electron chi connectivity index (χ0n) is 22.1. The molecule has 1 aromatic carbocycles. The maximum atomic E-state index is 13.2. The van der Waals surface area contributed by atoms with Gasteiger partial charge in [0.2, 0.25) is 5.91 Å². The first-order valence-corrected chi connectivity index (χ1v) is 14.5. The van der Waals surface area contributed by atoms with E-state index >= 15 is 0 Å². The molecule has 206 valence electrons. The monoisotopic (exact) mass is 548 g/mol. The van der Waals surface area contributed by atoms with E-state index in [0.29, 0.717) is 29.3 Å². The number of carbonyl (C=O) groups is 1. The average molecular weight is 549 g/mol. The number of hydrogen-bond acceptors (Lipinski definition) is 6. The Balaban J connectivity index is 0.00000164. The van der Waals surface area contributed by atoms with Crippen LogP contribution in [0.4, 0.5) is 13.2 Å². The number of amides is 1. The molecule has 2 aromatic heterocycles. The fourth-order valence-corrected chi connectivity index (χ4v) is 5.99. The molecule has 4 heterocycles. The molecule has 0 radical (unpaired) electrons. The van der Waals surface area contributed by atoms with Gasteiger partial charge in [0.1, 0.15) is 0 Å². The maximum Gasteiger partial charge on any atom is 0.416 e. The van der Waals surface area contributed by atoms with Crippen molar-refractivity contribution in [3.63, 3.8) is 0 Å². The first kappa shape index (κ1) is 28.4. The molecule has 0 saturated carbocycles. The van der Waals surface area contributed by atoms with Gasteiger partial charge in [-0.2, -0.15) is 23.4 Å². The summed E-state index contributed by atoms with van der Waals surface area (Å²) in [4.78, 5) is 22.0. The van der Waals surface area contributed by atoms with Crippen molar-refractivity contribution < 1.29 is 18.0 Å². The van der Waals surface area contributed by atoms with Crippen LogP contribution >= 0.6 is 11.8 Å². The van der Waals surface area contributed by atoms with Crippen molar-refractivity contribution in [2.45, 2.75) is 63.5 Å². The van der Waals surface area contributed by atoms with Crippen LogP contribution in [0.15, 0.2) is 41.8 Å². The Kier molecular flexibility index (Phi) is 9.30. The number of carbonyl (C=O) groups excluding carboxylic acids is 1. The van der Waals surface area contributed by atoms with Gasteiger partial charge in [-0.3, -0.25) is 9.69 Å². The van der Waals surface area contributed by atoms with Crippen molar-refractivity contribution in [2.24, 2.45) is 5.92 Å². The molecule has 2 saturated heterocycles. The molecule has 1 amide bonds. The van der Waals surface area contributed by atoms with E-state index in [-0.39, 0.29) is 17.9 Å². The molecule has 7 nitrogen and oxygen atoms in total. The Hall–Kier alpha value is -2.66. The summed E-state index contributed by atoms with van der Waals surface area (Å²) < 4.78 is 41.6. The second kappa shape index (κ2) is 12.5. The van der Waals surface area contributed by atoms with Gasteiger partial charge in [0.15, 0.2) is 5.16 Å². The lowest BCUT2D eigenvalue weighted by Gasteiger charge is -2.38. The van der Waals surface area contributed by atoms with Crippen molar-refractivity contribution in [3.05, 3.63) is 47.8 Å². The molecule has 0 bridgehead atoms. The number of aromatic nitrogens is 4. The third-order valence-electron chi connectivity index (χ3n) is 7.30. The molecule has 0 spiro atoms. The summed E-state index contributed by atoms with van der Waals surface area (Å²) in [6, 6.07) is 5.85. The molecule has 11 heteroatoms. The quantitative estimate of drug-likeness (QED) is 0.383. The second-order valence-corrected chi connectivity index (χ2v) is 10.3. The van der Waals surface area contributed by atoms with Crippen LogP contribution in [0.5, 0.6) is 0 Å².